The van der Waals surface area contributed by atoms with E-state index in [1.54, 1.807) is 30.3 Å². The van der Waals surface area contributed by atoms with E-state index < -0.39 is 79.2 Å². The van der Waals surface area contributed by atoms with Gasteiger partial charge in [0.25, 0.3) is 5.91 Å². The molecular formula is C26H42N4O9. The zero-order valence-corrected chi connectivity index (χ0v) is 22.5. The molecule has 1 aromatic carbocycles. The predicted molar refractivity (Wildman–Crippen MR) is 141 cm³/mol. The van der Waals surface area contributed by atoms with Crippen LogP contribution in [0.5, 0.6) is 0 Å². The number of aliphatic carboxylic acids is 1. The van der Waals surface area contributed by atoms with Gasteiger partial charge in [-0.1, -0.05) is 57.5 Å². The quantitative estimate of drug-likeness (QED) is 0.109. The Kier molecular flexibility index (Phi) is 14.6. The molecular weight excluding hydrogens is 512 g/mol. The van der Waals surface area contributed by atoms with E-state index in [-0.39, 0.29) is 12.3 Å². The Morgan fingerprint density at radius 2 is 1.51 bits per heavy atom. The van der Waals surface area contributed by atoms with E-state index in [0.29, 0.717) is 18.4 Å². The van der Waals surface area contributed by atoms with Gasteiger partial charge in [-0.3, -0.25) is 19.2 Å². The van der Waals surface area contributed by atoms with Crippen LogP contribution in [0, 0.1) is 5.92 Å². The summed E-state index contributed by atoms with van der Waals surface area (Å²) < 4.78 is 0. The first-order valence-corrected chi connectivity index (χ1v) is 12.9. The molecule has 0 unspecified atom stereocenters. The van der Waals surface area contributed by atoms with Crippen LogP contribution in [0.15, 0.2) is 30.3 Å². The maximum atomic E-state index is 12.9. The van der Waals surface area contributed by atoms with Crippen LogP contribution in [0.25, 0.3) is 0 Å². The summed E-state index contributed by atoms with van der Waals surface area (Å²) in [5.74, 6) is -3.73. The van der Waals surface area contributed by atoms with Crippen molar-refractivity contribution in [3.05, 3.63) is 35.9 Å². The molecule has 0 spiro atoms. The average molecular weight is 555 g/mol. The number of aliphatic hydroxyl groups is 4. The van der Waals surface area contributed by atoms with Crippen LogP contribution in [0.4, 0.5) is 0 Å². The Morgan fingerprint density at radius 3 is 2.03 bits per heavy atom. The first kappa shape index (κ1) is 33.9. The van der Waals surface area contributed by atoms with Crippen LogP contribution in [0.1, 0.15) is 58.1 Å². The molecule has 0 heterocycles. The molecule has 0 saturated heterocycles. The third-order valence-electron chi connectivity index (χ3n) is 6.05. The number of rotatable bonds is 17. The van der Waals surface area contributed by atoms with Gasteiger partial charge in [0.1, 0.15) is 18.2 Å². The molecule has 0 radical (unpaired) electrons. The van der Waals surface area contributed by atoms with Gasteiger partial charge in [0.05, 0.1) is 31.2 Å². The Hall–Kier alpha value is -3.10. The van der Waals surface area contributed by atoms with E-state index in [0.717, 1.165) is 0 Å². The number of carbonyl (C=O) groups excluding carboxylic acids is 3. The SMILES string of the molecule is CCC[C@H](N)C(=O)N[C@@H](CC(C)C)C(=O)N[C@@H](CO)[C@@H](O)[C@@H](O)[C@H](O)C(=O)N[C@@H](CC(=O)O)c1ccccc1. The molecule has 0 saturated carbocycles. The fraction of sp³-hybridized carbons (Fsp3) is 0.615. The first-order chi connectivity index (χ1) is 18.3. The Morgan fingerprint density at radius 1 is 0.897 bits per heavy atom. The highest BCUT2D eigenvalue weighted by Crippen LogP contribution is 2.18. The van der Waals surface area contributed by atoms with Crippen LogP contribution in [-0.2, 0) is 19.2 Å². The molecule has 3 amide bonds. The van der Waals surface area contributed by atoms with E-state index in [4.69, 9.17) is 5.73 Å². The minimum absolute atomic E-state index is 0.0274. The third kappa shape index (κ3) is 11.3. The fourth-order valence-electron chi connectivity index (χ4n) is 3.90. The van der Waals surface area contributed by atoms with Crippen LogP contribution in [0.2, 0.25) is 0 Å². The van der Waals surface area contributed by atoms with Gasteiger partial charge in [0.2, 0.25) is 11.8 Å². The zero-order chi connectivity index (χ0) is 29.7. The van der Waals surface area contributed by atoms with Gasteiger partial charge in [-0.15, -0.1) is 0 Å². The van der Waals surface area contributed by atoms with Gasteiger partial charge in [-0.2, -0.15) is 0 Å². The lowest BCUT2D eigenvalue weighted by Gasteiger charge is -2.31. The minimum atomic E-state index is -2.23. The summed E-state index contributed by atoms with van der Waals surface area (Å²) in [6.45, 7) is 4.62. The highest BCUT2D eigenvalue weighted by atomic mass is 16.4. The topological polar surface area (TPSA) is 232 Å². The van der Waals surface area contributed by atoms with Crippen molar-refractivity contribution in [1.29, 1.82) is 0 Å². The van der Waals surface area contributed by atoms with Crippen molar-refractivity contribution in [2.45, 2.75) is 88.9 Å². The second-order valence-corrected chi connectivity index (χ2v) is 9.88. The molecule has 7 atom stereocenters. The number of aliphatic hydroxyl groups excluding tert-OH is 4. The highest BCUT2D eigenvalue weighted by molar-refractivity contribution is 5.90. The maximum Gasteiger partial charge on any atom is 0.305 e. The molecule has 13 heteroatoms. The summed E-state index contributed by atoms with van der Waals surface area (Å²) >= 11 is 0. The highest BCUT2D eigenvalue weighted by Gasteiger charge is 2.37. The van der Waals surface area contributed by atoms with E-state index in [9.17, 15) is 44.7 Å². The molecule has 0 aliphatic carbocycles. The van der Waals surface area contributed by atoms with Crippen molar-refractivity contribution >= 4 is 23.7 Å². The van der Waals surface area contributed by atoms with Crippen molar-refractivity contribution in [2.75, 3.05) is 6.61 Å². The minimum Gasteiger partial charge on any atom is -0.481 e. The Bertz CT molecular complexity index is 931. The average Bonchev–Trinajstić information content (AvgIpc) is 2.89. The lowest BCUT2D eigenvalue weighted by Crippen LogP contribution is -2.60. The second-order valence-electron chi connectivity index (χ2n) is 9.88. The van der Waals surface area contributed by atoms with Crippen molar-refractivity contribution in [3.8, 4) is 0 Å². The Labute approximate surface area is 227 Å². The molecule has 0 fully saturated rings. The molecule has 0 aromatic heterocycles. The normalized spacial score (nSPS) is 16.7. The monoisotopic (exact) mass is 554 g/mol. The van der Waals surface area contributed by atoms with Crippen LogP contribution in [-0.4, -0.2) is 92.3 Å². The molecule has 0 aliphatic rings. The van der Waals surface area contributed by atoms with E-state index >= 15 is 0 Å². The van der Waals surface area contributed by atoms with Crippen molar-refractivity contribution < 1.29 is 44.7 Å². The number of hydrogen-bond donors (Lipinski definition) is 9. The molecule has 220 valence electrons. The second kappa shape index (κ2) is 16.8. The number of nitrogens with two attached hydrogens (primary N) is 1. The summed E-state index contributed by atoms with van der Waals surface area (Å²) in [4.78, 5) is 49.2. The number of nitrogens with one attached hydrogen (secondary N) is 3. The summed E-state index contributed by atoms with van der Waals surface area (Å²) in [6, 6.07) is 3.66. The lowest BCUT2D eigenvalue weighted by molar-refractivity contribution is -0.145. The molecule has 1 aromatic rings. The third-order valence-corrected chi connectivity index (χ3v) is 6.05. The molecule has 1 rings (SSSR count). The van der Waals surface area contributed by atoms with Gasteiger partial charge in [0, 0.05) is 0 Å². The summed E-state index contributed by atoms with van der Waals surface area (Å²) in [5, 5.41) is 57.6. The predicted octanol–water partition coefficient (Wildman–Crippen LogP) is -1.46. The van der Waals surface area contributed by atoms with Crippen LogP contribution >= 0.6 is 0 Å². The lowest BCUT2D eigenvalue weighted by atomic mass is 9.98. The van der Waals surface area contributed by atoms with E-state index in [2.05, 4.69) is 16.0 Å². The maximum absolute atomic E-state index is 12.9. The Balaban J connectivity index is 2.94. The number of hydrogen-bond acceptors (Lipinski definition) is 9. The van der Waals surface area contributed by atoms with Crippen LogP contribution < -0.4 is 21.7 Å². The van der Waals surface area contributed by atoms with Crippen molar-refractivity contribution in [2.24, 2.45) is 11.7 Å². The summed E-state index contributed by atoms with van der Waals surface area (Å²) in [5.41, 5.74) is 6.26. The fourth-order valence-corrected chi connectivity index (χ4v) is 3.90. The molecule has 0 aliphatic heterocycles. The number of carboxylic acids is 1. The van der Waals surface area contributed by atoms with Gasteiger partial charge >= 0.3 is 5.97 Å². The number of carboxylic acid groups (broad SMARTS) is 1. The molecule has 10 N–H and O–H groups in total. The largest absolute Gasteiger partial charge is 0.481 e. The van der Waals surface area contributed by atoms with E-state index in [1.165, 1.54) is 0 Å². The number of benzene rings is 1. The van der Waals surface area contributed by atoms with E-state index in [1.807, 2.05) is 20.8 Å². The number of amides is 3. The number of carbonyl (C=O) groups is 4. The smallest absolute Gasteiger partial charge is 0.305 e. The summed E-state index contributed by atoms with van der Waals surface area (Å²) in [6.07, 6.45) is -5.64. The standard InChI is InChI=1S/C26H42N4O9/c1-4-8-16(27)24(37)29-18(11-14(2)3)25(38)30-19(13-31)21(34)22(35)23(36)26(39)28-17(12-20(32)33)15-9-6-5-7-10-15/h5-7,9-10,14,16-19,21-23,31,34-36H,4,8,11-13,27H2,1-3H3,(H,28,39)(H,29,37)(H,30,38)(H,32,33)/t16-,17-,18-,19-,21+,22+,23-/m0/s1. The van der Waals surface area contributed by atoms with Gasteiger partial charge in [-0.25, -0.2) is 0 Å². The van der Waals surface area contributed by atoms with Crippen LogP contribution in [0.3, 0.4) is 0 Å². The molecule has 39 heavy (non-hydrogen) atoms. The van der Waals surface area contributed by atoms with Crippen molar-refractivity contribution in [3.63, 3.8) is 0 Å². The first-order valence-electron chi connectivity index (χ1n) is 12.9. The zero-order valence-electron chi connectivity index (χ0n) is 22.5. The summed E-state index contributed by atoms with van der Waals surface area (Å²) in [7, 11) is 0. The van der Waals surface area contributed by atoms with Gasteiger partial charge < -0.3 is 47.2 Å². The molecule has 0 bridgehead atoms. The molecule has 13 nitrogen and oxygen atoms in total. The van der Waals surface area contributed by atoms with Gasteiger partial charge in [0.15, 0.2) is 6.10 Å². The van der Waals surface area contributed by atoms with Gasteiger partial charge in [-0.05, 0) is 24.3 Å². The van der Waals surface area contributed by atoms with Crippen molar-refractivity contribution in [1.82, 2.24) is 16.0 Å².